The van der Waals surface area contributed by atoms with Gasteiger partial charge in [-0.3, -0.25) is 10.1 Å². The van der Waals surface area contributed by atoms with Gasteiger partial charge in [0.25, 0.3) is 5.69 Å². The normalized spacial score (nSPS) is 10.1. The molecule has 1 rings (SSSR count). The first kappa shape index (κ1) is 13.3. The van der Waals surface area contributed by atoms with Gasteiger partial charge in [-0.15, -0.1) is 0 Å². The molecule has 0 atom stereocenters. The zero-order chi connectivity index (χ0) is 12.8. The monoisotopic (exact) mass is 238 g/mol. The van der Waals surface area contributed by atoms with E-state index in [4.69, 9.17) is 4.74 Å². The number of hydrogen-bond acceptors (Lipinski definition) is 4. The molecular formula is C12H18N2O3. The third-order valence-corrected chi connectivity index (χ3v) is 2.59. The number of nitro benzene ring substituents is 1. The maximum atomic E-state index is 10.7. The van der Waals surface area contributed by atoms with E-state index in [9.17, 15) is 10.1 Å². The minimum atomic E-state index is -0.414. The summed E-state index contributed by atoms with van der Waals surface area (Å²) in [6, 6.07) is 4.72. The summed E-state index contributed by atoms with van der Waals surface area (Å²) in [5, 5.41) is 10.7. The fraction of sp³-hybridized carbons (Fsp3) is 0.500. The molecule has 0 bridgehead atoms. The average Bonchev–Trinajstić information content (AvgIpc) is 2.35. The van der Waals surface area contributed by atoms with Crippen molar-refractivity contribution in [2.45, 2.75) is 20.3 Å². The molecule has 1 aromatic rings. The smallest absolute Gasteiger partial charge is 0.273 e. The second kappa shape index (κ2) is 6.08. The van der Waals surface area contributed by atoms with Crippen molar-refractivity contribution in [3.63, 3.8) is 0 Å². The first-order valence-electron chi connectivity index (χ1n) is 5.71. The Labute approximate surface area is 101 Å². The summed E-state index contributed by atoms with van der Waals surface area (Å²) in [7, 11) is 1.53. The summed E-state index contributed by atoms with van der Waals surface area (Å²) in [6.07, 6.45) is 1.02. The molecule has 0 spiro atoms. The summed E-state index contributed by atoms with van der Waals surface area (Å²) in [5.41, 5.74) is 0.959. The highest BCUT2D eigenvalue weighted by molar-refractivity contribution is 5.62. The number of nitro groups is 1. The van der Waals surface area contributed by atoms with Gasteiger partial charge in [0.15, 0.2) is 0 Å². The lowest BCUT2D eigenvalue weighted by Crippen LogP contribution is -2.23. The van der Waals surface area contributed by atoms with Crippen molar-refractivity contribution >= 4 is 11.4 Å². The van der Waals surface area contributed by atoms with E-state index in [2.05, 4.69) is 18.7 Å². The van der Waals surface area contributed by atoms with E-state index < -0.39 is 4.92 Å². The van der Waals surface area contributed by atoms with Crippen LogP contribution in [0.25, 0.3) is 0 Å². The zero-order valence-electron chi connectivity index (χ0n) is 10.5. The predicted octanol–water partition coefficient (Wildman–Crippen LogP) is 2.84. The van der Waals surface area contributed by atoms with Crippen LogP contribution in [0.15, 0.2) is 18.2 Å². The van der Waals surface area contributed by atoms with Crippen molar-refractivity contribution in [1.82, 2.24) is 0 Å². The summed E-state index contributed by atoms with van der Waals surface area (Å²) < 4.78 is 5.22. The Morgan fingerprint density at radius 2 is 2.12 bits per heavy atom. The molecule has 1 aromatic carbocycles. The van der Waals surface area contributed by atoms with Gasteiger partial charge in [0.05, 0.1) is 23.8 Å². The number of nitrogens with zero attached hydrogens (tertiary/aromatic N) is 2. The Morgan fingerprint density at radius 3 is 2.59 bits per heavy atom. The molecule has 17 heavy (non-hydrogen) atoms. The third-order valence-electron chi connectivity index (χ3n) is 2.59. The van der Waals surface area contributed by atoms with Crippen LogP contribution in [0.1, 0.15) is 20.3 Å². The van der Waals surface area contributed by atoms with Gasteiger partial charge in [0, 0.05) is 19.2 Å². The number of anilines is 1. The lowest BCUT2D eigenvalue weighted by molar-refractivity contribution is -0.384. The van der Waals surface area contributed by atoms with Gasteiger partial charge in [-0.1, -0.05) is 6.92 Å². The maximum Gasteiger partial charge on any atom is 0.273 e. The Kier molecular flexibility index (Phi) is 4.75. The second-order valence-electron chi connectivity index (χ2n) is 3.69. The van der Waals surface area contributed by atoms with E-state index in [0.717, 1.165) is 25.2 Å². The van der Waals surface area contributed by atoms with Crippen molar-refractivity contribution in [1.29, 1.82) is 0 Å². The molecule has 0 aliphatic heterocycles. The highest BCUT2D eigenvalue weighted by Gasteiger charge is 2.14. The first-order valence-corrected chi connectivity index (χ1v) is 5.71. The van der Waals surface area contributed by atoms with Crippen molar-refractivity contribution in [3.8, 4) is 5.75 Å². The van der Waals surface area contributed by atoms with E-state index in [1.165, 1.54) is 19.2 Å². The van der Waals surface area contributed by atoms with E-state index in [1.54, 1.807) is 6.07 Å². The van der Waals surface area contributed by atoms with E-state index in [-0.39, 0.29) is 5.69 Å². The van der Waals surface area contributed by atoms with Gasteiger partial charge in [-0.25, -0.2) is 0 Å². The highest BCUT2D eigenvalue weighted by atomic mass is 16.6. The van der Waals surface area contributed by atoms with Crippen molar-refractivity contribution < 1.29 is 9.66 Å². The molecule has 0 N–H and O–H groups in total. The Morgan fingerprint density at radius 1 is 1.41 bits per heavy atom. The van der Waals surface area contributed by atoms with Gasteiger partial charge in [0.2, 0.25) is 0 Å². The van der Waals surface area contributed by atoms with Crippen LogP contribution in [-0.4, -0.2) is 25.1 Å². The largest absolute Gasteiger partial charge is 0.494 e. The van der Waals surface area contributed by atoms with Gasteiger partial charge in [-0.05, 0) is 19.4 Å². The first-order chi connectivity index (χ1) is 8.13. The van der Waals surface area contributed by atoms with E-state index in [1.807, 2.05) is 0 Å². The molecule has 0 radical (unpaired) electrons. The third kappa shape index (κ3) is 3.09. The minimum absolute atomic E-state index is 0.0538. The van der Waals surface area contributed by atoms with Crippen LogP contribution in [0, 0.1) is 10.1 Å². The lowest BCUT2D eigenvalue weighted by atomic mass is 10.2. The molecule has 5 nitrogen and oxygen atoms in total. The molecule has 0 fully saturated rings. The number of ether oxygens (including phenoxy) is 1. The summed E-state index contributed by atoms with van der Waals surface area (Å²) in [4.78, 5) is 12.4. The lowest BCUT2D eigenvalue weighted by Gasteiger charge is -2.24. The van der Waals surface area contributed by atoms with Crippen molar-refractivity contribution in [2.75, 3.05) is 25.1 Å². The molecule has 0 saturated heterocycles. The summed E-state index contributed by atoms with van der Waals surface area (Å²) in [5.74, 6) is 0.550. The molecule has 0 heterocycles. The topological polar surface area (TPSA) is 55.6 Å². The standard InChI is InChI=1S/C12H18N2O3/c1-4-8-13(5-2)11-7-6-10(14(15)16)9-12(11)17-3/h6-7,9H,4-5,8H2,1-3H3. The van der Waals surface area contributed by atoms with Crippen LogP contribution in [0.4, 0.5) is 11.4 Å². The minimum Gasteiger partial charge on any atom is -0.494 e. The predicted molar refractivity (Wildman–Crippen MR) is 67.8 cm³/mol. The molecule has 5 heteroatoms. The van der Waals surface area contributed by atoms with Gasteiger partial charge >= 0.3 is 0 Å². The van der Waals surface area contributed by atoms with Gasteiger partial charge < -0.3 is 9.64 Å². The van der Waals surface area contributed by atoms with E-state index >= 15 is 0 Å². The van der Waals surface area contributed by atoms with Gasteiger partial charge in [0.1, 0.15) is 5.75 Å². The molecule has 0 unspecified atom stereocenters. The Bertz CT molecular complexity index is 393. The zero-order valence-corrected chi connectivity index (χ0v) is 10.5. The van der Waals surface area contributed by atoms with E-state index in [0.29, 0.717) is 5.75 Å². The molecule has 0 saturated carbocycles. The number of hydrogen-bond donors (Lipinski definition) is 0. The molecule has 0 aliphatic rings. The van der Waals surface area contributed by atoms with Gasteiger partial charge in [-0.2, -0.15) is 0 Å². The molecule has 94 valence electrons. The van der Waals surface area contributed by atoms with Crippen molar-refractivity contribution in [3.05, 3.63) is 28.3 Å². The van der Waals surface area contributed by atoms with Crippen LogP contribution >= 0.6 is 0 Å². The fourth-order valence-electron chi connectivity index (χ4n) is 1.76. The molecule has 0 aromatic heterocycles. The molecule has 0 amide bonds. The van der Waals surface area contributed by atoms with Crippen LogP contribution < -0.4 is 9.64 Å². The van der Waals surface area contributed by atoms with Crippen LogP contribution in [0.2, 0.25) is 0 Å². The number of benzene rings is 1. The summed E-state index contributed by atoms with van der Waals surface area (Å²) >= 11 is 0. The van der Waals surface area contributed by atoms with Crippen LogP contribution in [0.5, 0.6) is 5.75 Å². The molecular weight excluding hydrogens is 220 g/mol. The number of non-ortho nitro benzene ring substituents is 1. The molecule has 0 aliphatic carbocycles. The summed E-state index contributed by atoms with van der Waals surface area (Å²) in [6.45, 7) is 5.91. The van der Waals surface area contributed by atoms with Crippen LogP contribution in [0.3, 0.4) is 0 Å². The Balaban J connectivity index is 3.10. The second-order valence-corrected chi connectivity index (χ2v) is 3.69. The average molecular weight is 238 g/mol. The fourth-order valence-corrected chi connectivity index (χ4v) is 1.76. The van der Waals surface area contributed by atoms with Crippen molar-refractivity contribution in [2.24, 2.45) is 0 Å². The highest BCUT2D eigenvalue weighted by Crippen LogP contribution is 2.32. The Hall–Kier alpha value is -1.78. The number of rotatable bonds is 6. The quantitative estimate of drug-likeness (QED) is 0.565. The maximum absolute atomic E-state index is 10.7. The SMILES string of the molecule is CCCN(CC)c1ccc([N+](=O)[O-])cc1OC. The van der Waals surface area contributed by atoms with Crippen LogP contribution in [-0.2, 0) is 0 Å². The number of methoxy groups -OCH3 is 1.